The predicted octanol–water partition coefficient (Wildman–Crippen LogP) is 2.02. The fraction of sp³-hybridized carbons (Fsp3) is 0.300. The molecule has 0 aromatic heterocycles. The predicted molar refractivity (Wildman–Crippen MR) is 56.7 cm³/mol. The summed E-state index contributed by atoms with van der Waals surface area (Å²) in [5, 5.41) is 8.55. The smallest absolute Gasteiger partial charge is 0.160 e. The number of aliphatic hydroxyl groups is 1. The van der Waals surface area contributed by atoms with Gasteiger partial charge in [-0.05, 0) is 41.1 Å². The zero-order chi connectivity index (χ0) is 10.6. The summed E-state index contributed by atoms with van der Waals surface area (Å²) in [6.07, 6.45) is 0. The van der Waals surface area contributed by atoms with Crippen molar-refractivity contribution in [3.8, 4) is 5.75 Å². The van der Waals surface area contributed by atoms with Crippen LogP contribution in [0.25, 0.3) is 0 Å². The van der Waals surface area contributed by atoms with Gasteiger partial charge in [-0.25, -0.2) is 0 Å². The molecule has 1 aromatic carbocycles. The summed E-state index contributed by atoms with van der Waals surface area (Å²) in [7, 11) is 0. The summed E-state index contributed by atoms with van der Waals surface area (Å²) in [6.45, 7) is 1.74. The van der Waals surface area contributed by atoms with E-state index >= 15 is 0 Å². The van der Waals surface area contributed by atoms with Crippen molar-refractivity contribution in [2.75, 3.05) is 13.2 Å². The maximum absolute atomic E-state index is 11.1. The molecule has 0 bridgehead atoms. The summed E-state index contributed by atoms with van der Waals surface area (Å²) < 4.78 is 5.89. The van der Waals surface area contributed by atoms with Crippen molar-refractivity contribution in [1.29, 1.82) is 0 Å². The molecule has 3 nitrogen and oxygen atoms in total. The molecule has 0 atom stereocenters. The molecule has 0 saturated carbocycles. The van der Waals surface area contributed by atoms with Crippen LogP contribution < -0.4 is 4.74 Å². The van der Waals surface area contributed by atoms with Crippen molar-refractivity contribution >= 4 is 21.7 Å². The molecule has 0 amide bonds. The highest BCUT2D eigenvalue weighted by molar-refractivity contribution is 9.10. The Kier molecular flexibility index (Phi) is 4.10. The van der Waals surface area contributed by atoms with Gasteiger partial charge in [-0.2, -0.15) is 0 Å². The van der Waals surface area contributed by atoms with Gasteiger partial charge in [0.15, 0.2) is 5.78 Å². The minimum Gasteiger partial charge on any atom is -0.491 e. The zero-order valence-electron chi connectivity index (χ0n) is 7.79. The molecule has 14 heavy (non-hydrogen) atoms. The average molecular weight is 259 g/mol. The minimum absolute atomic E-state index is 0.00517. The lowest BCUT2D eigenvalue weighted by molar-refractivity contribution is 0.101. The van der Waals surface area contributed by atoms with Crippen LogP contribution in [0.4, 0.5) is 0 Å². The molecule has 0 heterocycles. The lowest BCUT2D eigenvalue weighted by Gasteiger charge is -2.06. The monoisotopic (exact) mass is 258 g/mol. The third kappa shape index (κ3) is 2.82. The molecular formula is C10H11BrO3. The first-order valence-corrected chi connectivity index (χ1v) is 4.98. The van der Waals surface area contributed by atoms with Crippen LogP contribution in [0.2, 0.25) is 0 Å². The number of benzene rings is 1. The number of halogens is 1. The zero-order valence-corrected chi connectivity index (χ0v) is 9.37. The van der Waals surface area contributed by atoms with E-state index in [0.29, 0.717) is 15.8 Å². The van der Waals surface area contributed by atoms with Gasteiger partial charge >= 0.3 is 0 Å². The molecule has 1 aromatic rings. The fourth-order valence-corrected chi connectivity index (χ4v) is 1.67. The molecule has 1 N–H and O–H groups in total. The molecule has 0 unspecified atom stereocenters. The van der Waals surface area contributed by atoms with Crippen LogP contribution in [0.3, 0.4) is 0 Å². The molecule has 0 spiro atoms. The second-order valence-electron chi connectivity index (χ2n) is 2.77. The van der Waals surface area contributed by atoms with E-state index in [1.807, 2.05) is 0 Å². The van der Waals surface area contributed by atoms with Crippen LogP contribution in [-0.4, -0.2) is 24.1 Å². The average Bonchev–Trinajstić information content (AvgIpc) is 2.14. The first-order valence-electron chi connectivity index (χ1n) is 4.19. The SMILES string of the molecule is CC(=O)c1ccc(OCCO)cc1Br. The van der Waals surface area contributed by atoms with Crippen molar-refractivity contribution < 1.29 is 14.6 Å². The van der Waals surface area contributed by atoms with Crippen molar-refractivity contribution in [2.45, 2.75) is 6.92 Å². The van der Waals surface area contributed by atoms with Crippen LogP contribution in [0, 0.1) is 0 Å². The van der Waals surface area contributed by atoms with Gasteiger partial charge in [-0.3, -0.25) is 4.79 Å². The largest absolute Gasteiger partial charge is 0.491 e. The lowest BCUT2D eigenvalue weighted by atomic mass is 10.1. The van der Waals surface area contributed by atoms with Gasteiger partial charge in [0.25, 0.3) is 0 Å². The van der Waals surface area contributed by atoms with Crippen LogP contribution in [-0.2, 0) is 0 Å². The third-order valence-corrected chi connectivity index (χ3v) is 2.34. The number of ketones is 1. The van der Waals surface area contributed by atoms with Gasteiger partial charge in [0, 0.05) is 10.0 Å². The lowest BCUT2D eigenvalue weighted by Crippen LogP contribution is -2.02. The Morgan fingerprint density at radius 1 is 1.57 bits per heavy atom. The van der Waals surface area contributed by atoms with Gasteiger partial charge in [-0.1, -0.05) is 0 Å². The van der Waals surface area contributed by atoms with E-state index in [-0.39, 0.29) is 19.0 Å². The Bertz CT molecular complexity index is 336. The molecule has 4 heteroatoms. The third-order valence-electron chi connectivity index (χ3n) is 1.68. The normalized spacial score (nSPS) is 9.93. The quantitative estimate of drug-likeness (QED) is 0.841. The Balaban J connectivity index is 2.83. The van der Waals surface area contributed by atoms with E-state index < -0.39 is 0 Å². The van der Waals surface area contributed by atoms with E-state index in [1.165, 1.54) is 6.92 Å². The van der Waals surface area contributed by atoms with Gasteiger partial charge in [0.1, 0.15) is 12.4 Å². The Morgan fingerprint density at radius 2 is 2.29 bits per heavy atom. The molecule has 0 fully saturated rings. The number of rotatable bonds is 4. The topological polar surface area (TPSA) is 46.5 Å². The molecular weight excluding hydrogens is 248 g/mol. The van der Waals surface area contributed by atoms with Gasteiger partial charge in [-0.15, -0.1) is 0 Å². The van der Waals surface area contributed by atoms with Crippen LogP contribution >= 0.6 is 15.9 Å². The van der Waals surface area contributed by atoms with Crippen LogP contribution in [0.1, 0.15) is 17.3 Å². The number of aliphatic hydroxyl groups excluding tert-OH is 1. The molecule has 1 rings (SSSR count). The maximum Gasteiger partial charge on any atom is 0.160 e. The van der Waals surface area contributed by atoms with E-state index in [9.17, 15) is 4.79 Å². The number of Topliss-reactive ketones (excluding diaryl/α,β-unsaturated/α-hetero) is 1. The Morgan fingerprint density at radius 3 is 2.79 bits per heavy atom. The molecule has 0 aliphatic heterocycles. The number of hydrogen-bond acceptors (Lipinski definition) is 3. The number of carbonyl (C=O) groups excluding carboxylic acids is 1. The Hall–Kier alpha value is -0.870. The van der Waals surface area contributed by atoms with E-state index in [1.54, 1.807) is 18.2 Å². The summed E-state index contributed by atoms with van der Waals surface area (Å²) >= 11 is 3.28. The van der Waals surface area contributed by atoms with Gasteiger partial charge in [0.05, 0.1) is 6.61 Å². The first-order chi connectivity index (χ1) is 6.65. The highest BCUT2D eigenvalue weighted by atomic mass is 79.9. The number of hydrogen-bond donors (Lipinski definition) is 1. The molecule has 0 aliphatic rings. The van der Waals surface area contributed by atoms with E-state index in [2.05, 4.69) is 15.9 Å². The van der Waals surface area contributed by atoms with Crippen LogP contribution in [0.5, 0.6) is 5.75 Å². The van der Waals surface area contributed by atoms with E-state index in [4.69, 9.17) is 9.84 Å². The Labute approximate surface area is 90.8 Å². The minimum atomic E-state index is -0.0217. The van der Waals surface area contributed by atoms with Gasteiger partial charge in [0.2, 0.25) is 0 Å². The van der Waals surface area contributed by atoms with Gasteiger partial charge < -0.3 is 9.84 Å². The van der Waals surface area contributed by atoms with Crippen molar-refractivity contribution in [1.82, 2.24) is 0 Å². The second kappa shape index (κ2) is 5.12. The molecule has 76 valence electrons. The van der Waals surface area contributed by atoms with Crippen LogP contribution in [0.15, 0.2) is 22.7 Å². The molecule has 0 saturated heterocycles. The number of ether oxygens (including phenoxy) is 1. The molecule has 0 aliphatic carbocycles. The standard InChI is InChI=1S/C10H11BrO3/c1-7(13)9-3-2-8(6-10(9)11)14-5-4-12/h2-3,6,12H,4-5H2,1H3. The first kappa shape index (κ1) is 11.2. The van der Waals surface area contributed by atoms with Crippen molar-refractivity contribution in [3.05, 3.63) is 28.2 Å². The second-order valence-corrected chi connectivity index (χ2v) is 3.62. The van der Waals surface area contributed by atoms with Crippen molar-refractivity contribution in [3.63, 3.8) is 0 Å². The highest BCUT2D eigenvalue weighted by Crippen LogP contribution is 2.23. The molecule has 0 radical (unpaired) electrons. The van der Waals surface area contributed by atoms with E-state index in [0.717, 1.165) is 0 Å². The fourth-order valence-electron chi connectivity index (χ4n) is 1.03. The summed E-state index contributed by atoms with van der Waals surface area (Å²) in [5.41, 5.74) is 0.626. The summed E-state index contributed by atoms with van der Waals surface area (Å²) in [4.78, 5) is 11.1. The summed E-state index contributed by atoms with van der Waals surface area (Å²) in [5.74, 6) is 0.640. The highest BCUT2D eigenvalue weighted by Gasteiger charge is 2.05. The summed E-state index contributed by atoms with van der Waals surface area (Å²) in [6, 6.07) is 5.11. The maximum atomic E-state index is 11.1. The van der Waals surface area contributed by atoms with Crippen molar-refractivity contribution in [2.24, 2.45) is 0 Å². The number of carbonyl (C=O) groups is 1.